The van der Waals surface area contributed by atoms with Crippen molar-refractivity contribution in [2.24, 2.45) is 5.41 Å². The molecule has 0 saturated carbocycles. The van der Waals surface area contributed by atoms with E-state index >= 15 is 0 Å². The van der Waals surface area contributed by atoms with Crippen LogP contribution < -0.4 is 5.32 Å². The van der Waals surface area contributed by atoms with E-state index in [2.05, 4.69) is 26.1 Å². The van der Waals surface area contributed by atoms with Gasteiger partial charge >= 0.3 is 0 Å². The standard InChI is InChI=1S/C23H26N2O3/c1-23(2,3)15-19(16-9-5-4-6-10-16)24-20(26)13-14-25-21(27)17-11-7-8-12-18(17)22(25)28/h4-12,19H,13-15H2,1-3H3,(H,24,26). The molecule has 1 heterocycles. The number of imide groups is 1. The Kier molecular flexibility index (Phi) is 5.63. The van der Waals surface area contributed by atoms with Crippen LogP contribution in [0.15, 0.2) is 54.6 Å². The fourth-order valence-corrected chi connectivity index (χ4v) is 3.47. The summed E-state index contributed by atoms with van der Waals surface area (Å²) >= 11 is 0. The molecule has 2 aromatic carbocycles. The van der Waals surface area contributed by atoms with E-state index < -0.39 is 0 Å². The number of hydrogen-bond acceptors (Lipinski definition) is 3. The molecule has 1 unspecified atom stereocenters. The Balaban J connectivity index is 1.64. The highest BCUT2D eigenvalue weighted by Gasteiger charge is 2.35. The van der Waals surface area contributed by atoms with Crippen LogP contribution >= 0.6 is 0 Å². The van der Waals surface area contributed by atoms with Crippen LogP contribution in [-0.4, -0.2) is 29.2 Å². The van der Waals surface area contributed by atoms with E-state index in [1.807, 2.05) is 30.3 Å². The average Bonchev–Trinajstić information content (AvgIpc) is 2.90. The van der Waals surface area contributed by atoms with Gasteiger partial charge in [0, 0.05) is 13.0 Å². The van der Waals surface area contributed by atoms with Gasteiger partial charge in [-0.1, -0.05) is 63.2 Å². The zero-order chi connectivity index (χ0) is 20.3. The quantitative estimate of drug-likeness (QED) is 0.774. The molecule has 5 nitrogen and oxygen atoms in total. The third-order valence-electron chi connectivity index (χ3n) is 4.79. The van der Waals surface area contributed by atoms with Crippen LogP contribution in [0.2, 0.25) is 0 Å². The number of fused-ring (bicyclic) bond motifs is 1. The minimum Gasteiger partial charge on any atom is -0.349 e. The van der Waals surface area contributed by atoms with Gasteiger partial charge in [0.15, 0.2) is 0 Å². The van der Waals surface area contributed by atoms with E-state index in [-0.39, 0.29) is 42.1 Å². The minimum atomic E-state index is -0.331. The van der Waals surface area contributed by atoms with Gasteiger partial charge in [-0.3, -0.25) is 19.3 Å². The first-order chi connectivity index (χ1) is 13.3. The minimum absolute atomic E-state index is 0.0380. The van der Waals surface area contributed by atoms with Gasteiger partial charge in [-0.25, -0.2) is 0 Å². The van der Waals surface area contributed by atoms with Crippen molar-refractivity contribution in [3.05, 3.63) is 71.3 Å². The Morgan fingerprint density at radius 2 is 1.46 bits per heavy atom. The number of hydrogen-bond donors (Lipinski definition) is 1. The normalized spacial score (nSPS) is 14.8. The molecule has 2 aromatic rings. The van der Waals surface area contributed by atoms with Gasteiger partial charge in [-0.05, 0) is 29.5 Å². The lowest BCUT2D eigenvalue weighted by atomic mass is 9.85. The van der Waals surface area contributed by atoms with Crippen molar-refractivity contribution in [1.29, 1.82) is 0 Å². The second-order valence-corrected chi connectivity index (χ2v) is 8.35. The van der Waals surface area contributed by atoms with Crippen molar-refractivity contribution >= 4 is 17.7 Å². The summed E-state index contributed by atoms with van der Waals surface area (Å²) in [6.07, 6.45) is 0.870. The first kappa shape index (κ1) is 19.8. The summed E-state index contributed by atoms with van der Waals surface area (Å²) in [7, 11) is 0. The highest BCUT2D eigenvalue weighted by atomic mass is 16.2. The van der Waals surface area contributed by atoms with Gasteiger partial charge in [0.05, 0.1) is 17.2 Å². The molecule has 1 aliphatic rings. The number of carbonyl (C=O) groups excluding carboxylic acids is 3. The third-order valence-corrected chi connectivity index (χ3v) is 4.79. The lowest BCUT2D eigenvalue weighted by Crippen LogP contribution is -2.36. The maximum atomic E-state index is 12.6. The maximum absolute atomic E-state index is 12.6. The van der Waals surface area contributed by atoms with E-state index in [1.54, 1.807) is 24.3 Å². The van der Waals surface area contributed by atoms with Gasteiger partial charge in [0.1, 0.15) is 0 Å². The number of rotatable bonds is 6. The molecule has 0 aliphatic carbocycles. The molecular formula is C23H26N2O3. The molecule has 0 aromatic heterocycles. The molecule has 0 bridgehead atoms. The SMILES string of the molecule is CC(C)(C)CC(NC(=O)CCN1C(=O)c2ccccc2C1=O)c1ccccc1. The van der Waals surface area contributed by atoms with Crippen molar-refractivity contribution in [2.45, 2.75) is 39.7 Å². The number of nitrogens with one attached hydrogen (secondary N) is 1. The third kappa shape index (κ3) is 4.47. The zero-order valence-electron chi connectivity index (χ0n) is 16.6. The molecule has 1 N–H and O–H groups in total. The first-order valence-corrected chi connectivity index (χ1v) is 9.56. The van der Waals surface area contributed by atoms with Crippen molar-refractivity contribution in [3.8, 4) is 0 Å². The molecule has 0 spiro atoms. The van der Waals surface area contributed by atoms with Crippen LogP contribution in [0.5, 0.6) is 0 Å². The number of benzene rings is 2. The van der Waals surface area contributed by atoms with Gasteiger partial charge in [0.2, 0.25) is 5.91 Å². The smallest absolute Gasteiger partial charge is 0.261 e. The van der Waals surface area contributed by atoms with Crippen LogP contribution in [0.1, 0.15) is 65.9 Å². The second kappa shape index (κ2) is 7.97. The summed E-state index contributed by atoms with van der Waals surface area (Å²) in [6, 6.07) is 16.5. The predicted molar refractivity (Wildman–Crippen MR) is 108 cm³/mol. The highest BCUT2D eigenvalue weighted by Crippen LogP contribution is 2.29. The van der Waals surface area contributed by atoms with Gasteiger partial charge < -0.3 is 5.32 Å². The van der Waals surface area contributed by atoms with Crippen molar-refractivity contribution in [1.82, 2.24) is 10.2 Å². The zero-order valence-corrected chi connectivity index (χ0v) is 16.6. The van der Waals surface area contributed by atoms with E-state index in [1.165, 1.54) is 0 Å². The Labute approximate surface area is 165 Å². The van der Waals surface area contributed by atoms with Crippen LogP contribution in [-0.2, 0) is 4.79 Å². The fourth-order valence-electron chi connectivity index (χ4n) is 3.47. The van der Waals surface area contributed by atoms with Crippen molar-refractivity contribution < 1.29 is 14.4 Å². The summed E-state index contributed by atoms with van der Waals surface area (Å²) in [5, 5.41) is 3.08. The molecule has 146 valence electrons. The lowest BCUT2D eigenvalue weighted by Gasteiger charge is -2.27. The highest BCUT2D eigenvalue weighted by molar-refractivity contribution is 6.21. The van der Waals surface area contributed by atoms with E-state index in [4.69, 9.17) is 0 Å². The molecular weight excluding hydrogens is 352 g/mol. The first-order valence-electron chi connectivity index (χ1n) is 9.56. The van der Waals surface area contributed by atoms with Crippen molar-refractivity contribution in [2.75, 3.05) is 6.54 Å². The Bertz CT molecular complexity index is 849. The summed E-state index contributed by atoms with van der Waals surface area (Å²) in [5.74, 6) is -0.833. The van der Waals surface area contributed by atoms with Crippen LogP contribution in [0.4, 0.5) is 0 Å². The molecule has 28 heavy (non-hydrogen) atoms. The maximum Gasteiger partial charge on any atom is 0.261 e. The largest absolute Gasteiger partial charge is 0.349 e. The Hall–Kier alpha value is -2.95. The summed E-state index contributed by atoms with van der Waals surface area (Å²) < 4.78 is 0. The second-order valence-electron chi connectivity index (χ2n) is 8.35. The molecule has 5 heteroatoms. The van der Waals surface area contributed by atoms with Gasteiger partial charge in [-0.2, -0.15) is 0 Å². The molecule has 0 radical (unpaired) electrons. The number of amides is 3. The van der Waals surface area contributed by atoms with Crippen LogP contribution in [0.25, 0.3) is 0 Å². The molecule has 1 atom stereocenters. The van der Waals surface area contributed by atoms with Crippen molar-refractivity contribution in [3.63, 3.8) is 0 Å². The summed E-state index contributed by atoms with van der Waals surface area (Å²) in [4.78, 5) is 38.6. The predicted octanol–water partition coefficient (Wildman–Crippen LogP) is 3.97. The van der Waals surface area contributed by atoms with E-state index in [9.17, 15) is 14.4 Å². The Morgan fingerprint density at radius 1 is 0.929 bits per heavy atom. The topological polar surface area (TPSA) is 66.5 Å². The van der Waals surface area contributed by atoms with E-state index in [0.29, 0.717) is 11.1 Å². The molecule has 3 rings (SSSR count). The fraction of sp³-hybridized carbons (Fsp3) is 0.348. The monoisotopic (exact) mass is 378 g/mol. The number of carbonyl (C=O) groups is 3. The van der Waals surface area contributed by atoms with Gasteiger partial charge in [0.25, 0.3) is 11.8 Å². The summed E-state index contributed by atoms with van der Waals surface area (Å²) in [5.41, 5.74) is 1.90. The summed E-state index contributed by atoms with van der Waals surface area (Å²) in [6.45, 7) is 6.48. The van der Waals surface area contributed by atoms with E-state index in [0.717, 1.165) is 16.9 Å². The molecule has 3 amide bonds. The molecule has 0 fully saturated rings. The lowest BCUT2D eigenvalue weighted by molar-refractivity contribution is -0.122. The number of nitrogens with zero attached hydrogens (tertiary/aromatic N) is 1. The molecule has 1 aliphatic heterocycles. The van der Waals surface area contributed by atoms with Crippen LogP contribution in [0, 0.1) is 5.41 Å². The molecule has 0 saturated heterocycles. The van der Waals surface area contributed by atoms with Crippen LogP contribution in [0.3, 0.4) is 0 Å². The average molecular weight is 378 g/mol. The van der Waals surface area contributed by atoms with Gasteiger partial charge in [-0.15, -0.1) is 0 Å². The Morgan fingerprint density at radius 3 is 2.00 bits per heavy atom.